The van der Waals surface area contributed by atoms with E-state index in [1.165, 1.54) is 37.7 Å². The van der Waals surface area contributed by atoms with Gasteiger partial charge in [-0.2, -0.15) is 0 Å². The van der Waals surface area contributed by atoms with E-state index in [0.717, 1.165) is 30.6 Å². The largest absolute Gasteiger partial charge is 0.508 e. The molecule has 1 aromatic carbocycles. The summed E-state index contributed by atoms with van der Waals surface area (Å²) in [6.45, 7) is 11.5. The number of phenols is 1. The van der Waals surface area contributed by atoms with E-state index in [0.29, 0.717) is 17.1 Å². The monoisotopic (exact) mass is 344 g/mol. The maximum absolute atomic E-state index is 10.8. The lowest BCUT2D eigenvalue weighted by atomic mass is 9.70. The summed E-state index contributed by atoms with van der Waals surface area (Å²) in [5.74, 6) is 1.79. The summed E-state index contributed by atoms with van der Waals surface area (Å²) in [7, 11) is 0. The Morgan fingerprint density at radius 2 is 1.96 bits per heavy atom. The van der Waals surface area contributed by atoms with Gasteiger partial charge in [-0.05, 0) is 54.2 Å². The van der Waals surface area contributed by atoms with Crippen molar-refractivity contribution in [3.8, 4) is 11.5 Å². The number of aromatic hydroxyl groups is 1. The zero-order valence-corrected chi connectivity index (χ0v) is 16.8. The number of benzene rings is 1. The second-order valence-corrected chi connectivity index (χ2v) is 9.77. The summed E-state index contributed by atoms with van der Waals surface area (Å²) < 4.78 is 6.35. The van der Waals surface area contributed by atoms with Gasteiger partial charge < -0.3 is 9.84 Å². The van der Waals surface area contributed by atoms with Crippen molar-refractivity contribution in [1.29, 1.82) is 0 Å². The van der Waals surface area contributed by atoms with Gasteiger partial charge in [-0.15, -0.1) is 0 Å². The van der Waals surface area contributed by atoms with Gasteiger partial charge in [0.05, 0.1) is 0 Å². The average Bonchev–Trinajstić information content (AvgIpc) is 2.88. The van der Waals surface area contributed by atoms with Crippen LogP contribution in [0.4, 0.5) is 0 Å². The van der Waals surface area contributed by atoms with Gasteiger partial charge in [0.1, 0.15) is 17.6 Å². The average molecular weight is 345 g/mol. The number of rotatable bonds is 6. The first kappa shape index (κ1) is 18.6. The van der Waals surface area contributed by atoms with Gasteiger partial charge in [-0.3, -0.25) is 0 Å². The molecule has 25 heavy (non-hydrogen) atoms. The third-order valence-electron chi connectivity index (χ3n) is 6.54. The van der Waals surface area contributed by atoms with E-state index in [1.54, 1.807) is 0 Å². The molecule has 1 aromatic rings. The van der Waals surface area contributed by atoms with E-state index < -0.39 is 0 Å². The van der Waals surface area contributed by atoms with Crippen LogP contribution in [-0.2, 0) is 5.41 Å². The summed E-state index contributed by atoms with van der Waals surface area (Å²) in [5.41, 5.74) is 2.72. The number of fused-ring (bicyclic) bond motifs is 3. The molecule has 1 saturated carbocycles. The number of ether oxygens (including phenoxy) is 1. The number of phenolic OH excluding ortho intramolecular Hbond substituents is 1. The smallest absolute Gasteiger partial charge is 0.127 e. The highest BCUT2D eigenvalue weighted by atomic mass is 16.5. The molecule has 0 aromatic heterocycles. The molecule has 0 unspecified atom stereocenters. The van der Waals surface area contributed by atoms with Crippen molar-refractivity contribution < 1.29 is 9.84 Å². The Balaban J connectivity index is 1.79. The molecule has 2 atom stereocenters. The first-order valence-electron chi connectivity index (χ1n) is 10.3. The molecule has 1 N–H and O–H groups in total. The Morgan fingerprint density at radius 1 is 1.20 bits per heavy atom. The molecule has 1 aliphatic heterocycles. The minimum absolute atomic E-state index is 0.0800. The molecule has 0 amide bonds. The normalized spacial score (nSPS) is 24.5. The van der Waals surface area contributed by atoms with Crippen LogP contribution in [-0.4, -0.2) is 11.2 Å². The summed E-state index contributed by atoms with van der Waals surface area (Å²) in [6.07, 6.45) is 9.95. The molecule has 0 bridgehead atoms. The lowest BCUT2D eigenvalue weighted by molar-refractivity contribution is 0.0882. The lowest BCUT2D eigenvalue weighted by Gasteiger charge is -2.36. The fraction of sp³-hybridized carbons (Fsp3) is 0.739. The summed E-state index contributed by atoms with van der Waals surface area (Å²) in [6, 6.07) is 4.24. The first-order valence-corrected chi connectivity index (χ1v) is 10.3. The van der Waals surface area contributed by atoms with E-state index in [-0.39, 0.29) is 11.5 Å². The minimum Gasteiger partial charge on any atom is -0.508 e. The molecule has 0 spiro atoms. The Kier molecular flexibility index (Phi) is 5.10. The molecule has 0 radical (unpaired) electrons. The molecule has 1 fully saturated rings. The molecule has 140 valence electrons. The van der Waals surface area contributed by atoms with Crippen LogP contribution in [0.15, 0.2) is 12.1 Å². The standard InChI is InChI=1S/C23H36O2/c1-6-7-8-9-11-23(4,5)16-13-18(24)21-17-10-12-22(2,3)15-20(17)25-19(21)14-16/h13-14,17,20,24H,6-12,15H2,1-5H3/t17-,20+/m1/s1. The maximum atomic E-state index is 10.8. The van der Waals surface area contributed by atoms with Gasteiger partial charge in [0.2, 0.25) is 0 Å². The van der Waals surface area contributed by atoms with Crippen molar-refractivity contribution in [2.24, 2.45) is 5.41 Å². The van der Waals surface area contributed by atoms with Crippen LogP contribution < -0.4 is 4.74 Å². The topological polar surface area (TPSA) is 29.5 Å². The van der Waals surface area contributed by atoms with Crippen molar-refractivity contribution in [1.82, 2.24) is 0 Å². The molecule has 3 rings (SSSR count). The summed E-state index contributed by atoms with van der Waals surface area (Å²) >= 11 is 0. The second-order valence-electron chi connectivity index (χ2n) is 9.77. The SMILES string of the molecule is CCCCCCC(C)(C)c1cc(O)c2c(c1)O[C@H]1CC(C)(C)CC[C@@H]21. The van der Waals surface area contributed by atoms with Gasteiger partial charge >= 0.3 is 0 Å². The van der Waals surface area contributed by atoms with E-state index in [4.69, 9.17) is 4.74 Å². The highest BCUT2D eigenvalue weighted by molar-refractivity contribution is 5.54. The highest BCUT2D eigenvalue weighted by Gasteiger charge is 2.44. The Labute approximate surface area is 154 Å². The van der Waals surface area contributed by atoms with E-state index in [9.17, 15) is 5.11 Å². The van der Waals surface area contributed by atoms with Crippen LogP contribution in [0.1, 0.15) is 103 Å². The zero-order chi connectivity index (χ0) is 18.2. The van der Waals surface area contributed by atoms with Crippen molar-refractivity contribution >= 4 is 0 Å². The molecule has 1 aliphatic carbocycles. The van der Waals surface area contributed by atoms with Crippen molar-refractivity contribution in [3.05, 3.63) is 23.3 Å². The predicted octanol–water partition coefficient (Wildman–Crippen LogP) is 6.69. The maximum Gasteiger partial charge on any atom is 0.127 e. The van der Waals surface area contributed by atoms with E-state index in [1.807, 2.05) is 6.07 Å². The Hall–Kier alpha value is -1.18. The third kappa shape index (κ3) is 3.83. The quantitative estimate of drug-likeness (QED) is 0.582. The van der Waals surface area contributed by atoms with E-state index >= 15 is 0 Å². The Bertz CT molecular complexity index is 615. The van der Waals surface area contributed by atoms with Gasteiger partial charge in [0, 0.05) is 11.5 Å². The fourth-order valence-electron chi connectivity index (χ4n) is 4.75. The molecule has 2 nitrogen and oxygen atoms in total. The van der Waals surface area contributed by atoms with Crippen LogP contribution in [0.2, 0.25) is 0 Å². The number of hydrogen-bond acceptors (Lipinski definition) is 2. The molecule has 1 heterocycles. The second kappa shape index (κ2) is 6.85. The van der Waals surface area contributed by atoms with Gasteiger partial charge in [-0.25, -0.2) is 0 Å². The lowest BCUT2D eigenvalue weighted by Crippen LogP contribution is -2.32. The molecular formula is C23H36O2. The minimum atomic E-state index is 0.0800. The van der Waals surface area contributed by atoms with Crippen LogP contribution in [0.25, 0.3) is 0 Å². The Morgan fingerprint density at radius 3 is 2.68 bits per heavy atom. The molecular weight excluding hydrogens is 308 g/mol. The van der Waals surface area contributed by atoms with Gasteiger partial charge in [-0.1, -0.05) is 60.3 Å². The predicted molar refractivity (Wildman–Crippen MR) is 105 cm³/mol. The summed E-state index contributed by atoms with van der Waals surface area (Å²) in [4.78, 5) is 0. The van der Waals surface area contributed by atoms with Crippen molar-refractivity contribution in [3.63, 3.8) is 0 Å². The van der Waals surface area contributed by atoms with Crippen LogP contribution >= 0.6 is 0 Å². The molecule has 0 saturated heterocycles. The third-order valence-corrected chi connectivity index (χ3v) is 6.54. The fourth-order valence-corrected chi connectivity index (χ4v) is 4.75. The van der Waals surface area contributed by atoms with Crippen LogP contribution in [0.3, 0.4) is 0 Å². The highest BCUT2D eigenvalue weighted by Crippen LogP contribution is 2.54. The van der Waals surface area contributed by atoms with Crippen molar-refractivity contribution in [2.45, 2.75) is 103 Å². The van der Waals surface area contributed by atoms with Crippen LogP contribution in [0.5, 0.6) is 11.5 Å². The molecule has 2 heteroatoms. The number of hydrogen-bond donors (Lipinski definition) is 1. The van der Waals surface area contributed by atoms with Gasteiger partial charge in [0.15, 0.2) is 0 Å². The van der Waals surface area contributed by atoms with Crippen molar-refractivity contribution in [2.75, 3.05) is 0 Å². The van der Waals surface area contributed by atoms with Gasteiger partial charge in [0.25, 0.3) is 0 Å². The first-order chi connectivity index (χ1) is 11.7. The van der Waals surface area contributed by atoms with E-state index in [2.05, 4.69) is 40.7 Å². The molecule has 2 aliphatic rings. The zero-order valence-electron chi connectivity index (χ0n) is 16.8. The van der Waals surface area contributed by atoms with Crippen LogP contribution in [0, 0.1) is 5.41 Å². The number of unbranched alkanes of at least 4 members (excludes halogenated alkanes) is 3. The summed E-state index contributed by atoms with van der Waals surface area (Å²) in [5, 5.41) is 10.8.